The number of rotatable bonds is 5. The Morgan fingerprint density at radius 3 is 2.44 bits per heavy atom. The Labute approximate surface area is 149 Å². The van der Waals surface area contributed by atoms with Gasteiger partial charge in [-0.3, -0.25) is 9.10 Å². The molecule has 2 rings (SSSR count). The van der Waals surface area contributed by atoms with Gasteiger partial charge < -0.3 is 5.32 Å². The van der Waals surface area contributed by atoms with Crippen LogP contribution in [-0.4, -0.2) is 27.1 Å². The summed E-state index contributed by atoms with van der Waals surface area (Å²) in [6.07, 6.45) is 0.830. The molecule has 1 amide bonds. The molecule has 0 heterocycles. The van der Waals surface area contributed by atoms with E-state index in [2.05, 4.69) is 5.32 Å². The van der Waals surface area contributed by atoms with Crippen LogP contribution in [-0.2, 0) is 14.8 Å². The minimum Gasteiger partial charge on any atom is -0.324 e. The van der Waals surface area contributed by atoms with Crippen molar-refractivity contribution in [3.05, 3.63) is 58.6 Å². The van der Waals surface area contributed by atoms with Crippen LogP contribution in [0.1, 0.15) is 5.56 Å². The summed E-state index contributed by atoms with van der Waals surface area (Å²) in [5, 5.41) is 3.03. The van der Waals surface area contributed by atoms with Gasteiger partial charge in [0.15, 0.2) is 0 Å². The highest BCUT2D eigenvalue weighted by atomic mass is 35.5. The Kier molecular flexibility index (Phi) is 5.64. The zero-order valence-corrected chi connectivity index (χ0v) is 15.0. The molecule has 0 radical (unpaired) electrons. The number of hydrogen-bond donors (Lipinski definition) is 1. The van der Waals surface area contributed by atoms with Gasteiger partial charge in [-0.1, -0.05) is 11.6 Å². The average Bonchev–Trinajstić information content (AvgIpc) is 2.47. The normalized spacial score (nSPS) is 11.2. The van der Waals surface area contributed by atoms with Crippen molar-refractivity contribution in [1.82, 2.24) is 0 Å². The third kappa shape index (κ3) is 4.90. The first kappa shape index (κ1) is 19.1. The van der Waals surface area contributed by atoms with E-state index in [-0.39, 0.29) is 0 Å². The van der Waals surface area contributed by atoms with Gasteiger partial charge in [0.1, 0.15) is 18.2 Å². The molecular formula is C16H15ClF2N2O3S. The predicted octanol–water partition coefficient (Wildman–Crippen LogP) is 3.33. The zero-order valence-electron chi connectivity index (χ0n) is 13.4. The summed E-state index contributed by atoms with van der Waals surface area (Å²) in [4.78, 5) is 12.2. The van der Waals surface area contributed by atoms with Crippen LogP contribution in [0.3, 0.4) is 0 Å². The largest absolute Gasteiger partial charge is 0.324 e. The van der Waals surface area contributed by atoms with E-state index in [9.17, 15) is 22.0 Å². The van der Waals surface area contributed by atoms with Gasteiger partial charge in [-0.25, -0.2) is 17.2 Å². The summed E-state index contributed by atoms with van der Waals surface area (Å²) in [7, 11) is -3.97. The number of amides is 1. The van der Waals surface area contributed by atoms with Crippen LogP contribution in [0.5, 0.6) is 0 Å². The SMILES string of the molecule is Cc1cc(Cl)ccc1NC(=O)CN(c1ccc(F)cc1F)S(C)(=O)=O. The fraction of sp³-hybridized carbons (Fsp3) is 0.188. The zero-order chi connectivity index (χ0) is 18.8. The number of carbonyl (C=O) groups excluding carboxylic acids is 1. The second-order valence-electron chi connectivity index (χ2n) is 5.37. The van der Waals surface area contributed by atoms with Crippen molar-refractivity contribution in [3.63, 3.8) is 0 Å². The van der Waals surface area contributed by atoms with Crippen molar-refractivity contribution in [1.29, 1.82) is 0 Å². The number of anilines is 2. The Bertz CT molecular complexity index is 920. The first-order valence-electron chi connectivity index (χ1n) is 7.06. The van der Waals surface area contributed by atoms with Crippen molar-refractivity contribution >= 4 is 38.9 Å². The summed E-state index contributed by atoms with van der Waals surface area (Å²) in [6.45, 7) is 1.05. The highest BCUT2D eigenvalue weighted by Crippen LogP contribution is 2.23. The maximum atomic E-state index is 13.9. The molecule has 0 aliphatic heterocycles. The van der Waals surface area contributed by atoms with E-state index in [1.165, 1.54) is 0 Å². The minimum atomic E-state index is -3.97. The second kappa shape index (κ2) is 7.37. The predicted molar refractivity (Wildman–Crippen MR) is 93.4 cm³/mol. The summed E-state index contributed by atoms with van der Waals surface area (Å²) >= 11 is 5.84. The molecular weight excluding hydrogens is 374 g/mol. The molecule has 0 aliphatic rings. The molecule has 0 fully saturated rings. The standard InChI is InChI=1S/C16H15ClF2N2O3S/c1-10-7-11(17)3-5-14(10)20-16(22)9-21(25(2,23)24)15-6-4-12(18)8-13(15)19/h3-8H,9H2,1-2H3,(H,20,22). The van der Waals surface area contributed by atoms with E-state index >= 15 is 0 Å². The van der Waals surface area contributed by atoms with E-state index in [1.807, 2.05) is 0 Å². The quantitative estimate of drug-likeness (QED) is 0.854. The summed E-state index contributed by atoms with van der Waals surface area (Å²) < 4.78 is 51.4. The molecule has 0 aromatic heterocycles. The van der Waals surface area contributed by atoms with E-state index in [0.717, 1.165) is 18.4 Å². The van der Waals surface area contributed by atoms with Gasteiger partial charge >= 0.3 is 0 Å². The highest BCUT2D eigenvalue weighted by molar-refractivity contribution is 7.92. The first-order chi connectivity index (χ1) is 11.6. The van der Waals surface area contributed by atoms with Crippen molar-refractivity contribution < 1.29 is 22.0 Å². The molecule has 2 aromatic rings. The molecule has 5 nitrogen and oxygen atoms in total. The Balaban J connectivity index is 2.27. The maximum absolute atomic E-state index is 13.9. The average molecular weight is 389 g/mol. The van der Waals surface area contributed by atoms with Crippen LogP contribution >= 0.6 is 11.6 Å². The molecule has 0 saturated carbocycles. The molecule has 0 unspecified atom stereocenters. The van der Waals surface area contributed by atoms with E-state index in [0.29, 0.717) is 26.6 Å². The number of aryl methyl sites for hydroxylation is 1. The summed E-state index contributed by atoms with van der Waals surface area (Å²) in [6, 6.07) is 7.20. The van der Waals surface area contributed by atoms with Crippen LogP contribution < -0.4 is 9.62 Å². The number of nitrogens with zero attached hydrogens (tertiary/aromatic N) is 1. The Morgan fingerprint density at radius 1 is 1.20 bits per heavy atom. The fourth-order valence-electron chi connectivity index (χ4n) is 2.15. The molecule has 0 spiro atoms. The van der Waals surface area contributed by atoms with Crippen LogP contribution in [0.15, 0.2) is 36.4 Å². The Morgan fingerprint density at radius 2 is 1.88 bits per heavy atom. The third-order valence-corrected chi connectivity index (χ3v) is 4.69. The molecule has 9 heteroatoms. The number of nitrogens with one attached hydrogen (secondary N) is 1. The Hall–Kier alpha value is -2.19. The molecule has 25 heavy (non-hydrogen) atoms. The van der Waals surface area contributed by atoms with Crippen LogP contribution in [0.4, 0.5) is 20.2 Å². The van der Waals surface area contributed by atoms with E-state index in [1.54, 1.807) is 25.1 Å². The number of benzene rings is 2. The monoisotopic (exact) mass is 388 g/mol. The second-order valence-corrected chi connectivity index (χ2v) is 7.72. The molecule has 2 aromatic carbocycles. The molecule has 0 aliphatic carbocycles. The van der Waals surface area contributed by atoms with Crippen LogP contribution in [0, 0.1) is 18.6 Å². The lowest BCUT2D eigenvalue weighted by atomic mass is 10.2. The maximum Gasteiger partial charge on any atom is 0.245 e. The molecule has 0 atom stereocenters. The van der Waals surface area contributed by atoms with Gasteiger partial charge in [-0.15, -0.1) is 0 Å². The van der Waals surface area contributed by atoms with Crippen molar-refractivity contribution in [3.8, 4) is 0 Å². The van der Waals surface area contributed by atoms with Crippen LogP contribution in [0.2, 0.25) is 5.02 Å². The fourth-order valence-corrected chi connectivity index (χ4v) is 3.24. The summed E-state index contributed by atoms with van der Waals surface area (Å²) in [5.41, 5.74) is 0.717. The van der Waals surface area contributed by atoms with E-state index < -0.39 is 39.8 Å². The van der Waals surface area contributed by atoms with Gasteiger partial charge in [0.25, 0.3) is 0 Å². The van der Waals surface area contributed by atoms with Gasteiger partial charge in [0.05, 0.1) is 11.9 Å². The third-order valence-electron chi connectivity index (χ3n) is 3.33. The lowest BCUT2D eigenvalue weighted by Crippen LogP contribution is -2.38. The minimum absolute atomic E-state index is 0.410. The number of carbonyl (C=O) groups is 1. The van der Waals surface area contributed by atoms with Gasteiger partial charge in [0.2, 0.25) is 15.9 Å². The molecule has 1 N–H and O–H groups in total. The highest BCUT2D eigenvalue weighted by Gasteiger charge is 2.24. The number of sulfonamides is 1. The number of hydrogen-bond acceptors (Lipinski definition) is 3. The first-order valence-corrected chi connectivity index (χ1v) is 9.29. The lowest BCUT2D eigenvalue weighted by molar-refractivity contribution is -0.114. The lowest BCUT2D eigenvalue weighted by Gasteiger charge is -2.22. The van der Waals surface area contributed by atoms with E-state index in [4.69, 9.17) is 11.6 Å². The smallest absolute Gasteiger partial charge is 0.245 e. The number of halogens is 3. The molecule has 0 bridgehead atoms. The van der Waals surface area contributed by atoms with Crippen molar-refractivity contribution in [2.75, 3.05) is 22.4 Å². The van der Waals surface area contributed by atoms with Gasteiger partial charge in [-0.2, -0.15) is 0 Å². The topological polar surface area (TPSA) is 66.5 Å². The molecule has 0 saturated heterocycles. The van der Waals surface area contributed by atoms with Crippen molar-refractivity contribution in [2.24, 2.45) is 0 Å². The van der Waals surface area contributed by atoms with Gasteiger partial charge in [-0.05, 0) is 42.8 Å². The van der Waals surface area contributed by atoms with Gasteiger partial charge in [0, 0.05) is 16.8 Å². The summed E-state index contributed by atoms with van der Waals surface area (Å²) in [5.74, 6) is -2.61. The van der Waals surface area contributed by atoms with Crippen LogP contribution in [0.25, 0.3) is 0 Å². The van der Waals surface area contributed by atoms with Crippen molar-refractivity contribution in [2.45, 2.75) is 6.92 Å². The molecule has 134 valence electrons.